The molecule has 0 fully saturated rings. The highest BCUT2D eigenvalue weighted by Gasteiger charge is 2.17. The van der Waals surface area contributed by atoms with E-state index in [1.807, 2.05) is 20.8 Å². The Labute approximate surface area is 141 Å². The van der Waals surface area contributed by atoms with E-state index >= 15 is 0 Å². The van der Waals surface area contributed by atoms with Crippen LogP contribution < -0.4 is 0 Å². The molecule has 0 amide bonds. The van der Waals surface area contributed by atoms with Gasteiger partial charge in [0.25, 0.3) is 0 Å². The van der Waals surface area contributed by atoms with E-state index in [0.717, 1.165) is 12.8 Å². The Morgan fingerprint density at radius 1 is 1.00 bits per heavy atom. The van der Waals surface area contributed by atoms with Crippen molar-refractivity contribution >= 4 is 5.78 Å². The number of ketones is 1. The zero-order valence-electron chi connectivity index (χ0n) is 18.4. The SMILES string of the molecule is [3H]OC(C)CC(C)OC(C)CC(C)OC(C)CC(C)CC(C)=O.[3H][3H]. The van der Waals surface area contributed by atoms with Gasteiger partial charge in [0.1, 0.15) is 5.78 Å². The molecule has 134 valence electrons. The number of hydrogen-bond acceptors (Lipinski definition) is 4. The quantitative estimate of drug-likeness (QED) is 0.556. The molecular weight excluding hydrogens is 280 g/mol. The summed E-state index contributed by atoms with van der Waals surface area (Å²) in [5.74, 6) is 0.592. The predicted molar refractivity (Wildman–Crippen MR) is 92.1 cm³/mol. The zero-order valence-corrected chi connectivity index (χ0v) is 15.4. The highest BCUT2D eigenvalue weighted by molar-refractivity contribution is 5.75. The molecular formula is C18H38O4. The van der Waals surface area contributed by atoms with Crippen molar-refractivity contribution in [2.24, 2.45) is 5.92 Å². The van der Waals surface area contributed by atoms with Gasteiger partial charge in [0.15, 0.2) is 0 Å². The lowest BCUT2D eigenvalue weighted by Gasteiger charge is -2.26. The van der Waals surface area contributed by atoms with E-state index in [0.29, 0.717) is 18.8 Å². The lowest BCUT2D eigenvalue weighted by atomic mass is 9.98. The summed E-state index contributed by atoms with van der Waals surface area (Å²) in [6, 6.07) is 0. The van der Waals surface area contributed by atoms with Crippen molar-refractivity contribution in [1.29, 1.82) is 1.43 Å². The molecule has 0 spiro atoms. The summed E-state index contributed by atoms with van der Waals surface area (Å²) < 4.78 is 28.8. The number of rotatable bonds is 13. The Bertz CT molecular complexity index is 331. The van der Waals surface area contributed by atoms with Crippen molar-refractivity contribution in [2.75, 3.05) is 0 Å². The molecule has 0 aliphatic rings. The smallest absolute Gasteiger partial charge is 0.210 e. The standard InChI is InChI=1S/C18H36O4.H2/c1-12(8-13(2)19)9-15(4)21-17(6)11-18(7)22-16(5)10-14(3)20;/h12,14-18,20H,8-11H2,1-7H3;1H/i20T;1+2T. The lowest BCUT2D eigenvalue weighted by Crippen LogP contribution is -2.27. The fourth-order valence-electron chi connectivity index (χ4n) is 3.09. The summed E-state index contributed by atoms with van der Waals surface area (Å²) in [5, 5.41) is 4.52. The fraction of sp³-hybridized carbons (Fsp3) is 0.944. The number of aliphatic hydroxyl groups excluding tert-OH is 1. The first-order chi connectivity index (χ1) is 11.6. The van der Waals surface area contributed by atoms with Crippen LogP contribution in [0.4, 0.5) is 0 Å². The molecule has 0 aliphatic carbocycles. The van der Waals surface area contributed by atoms with Gasteiger partial charge in [-0.15, -0.1) is 0 Å². The molecule has 0 rings (SSSR count). The molecule has 4 nitrogen and oxygen atoms in total. The van der Waals surface area contributed by atoms with Crippen molar-refractivity contribution in [1.82, 2.24) is 0 Å². The van der Waals surface area contributed by atoms with Crippen molar-refractivity contribution < 1.29 is 22.3 Å². The van der Waals surface area contributed by atoms with E-state index in [9.17, 15) is 4.79 Å². The second kappa shape index (κ2) is 11.1. The van der Waals surface area contributed by atoms with Crippen LogP contribution in [-0.2, 0) is 14.3 Å². The van der Waals surface area contributed by atoms with Crippen LogP contribution in [0, 0.1) is 5.92 Å². The Balaban J connectivity index is 0. The second-order valence-electron chi connectivity index (χ2n) is 7.04. The van der Waals surface area contributed by atoms with E-state index in [1.54, 1.807) is 6.92 Å². The van der Waals surface area contributed by atoms with E-state index < -0.39 is 0 Å². The Hall–Kier alpha value is -0.450. The predicted octanol–water partition coefficient (Wildman–Crippen LogP) is 3.99. The normalized spacial score (nSPS) is 21.0. The molecule has 0 aromatic heterocycles. The zero-order chi connectivity index (χ0) is 20.0. The molecule has 0 heterocycles. The molecule has 0 aromatic carbocycles. The highest BCUT2D eigenvalue weighted by atomic mass is 16.5. The number of aliphatic hydroxyl groups is 1. The number of Topliss-reactive ketones (excluding diaryl/α,β-unsaturated/α-hetero) is 1. The molecule has 6 atom stereocenters. The van der Waals surface area contributed by atoms with Crippen molar-refractivity contribution in [3.05, 3.63) is 0 Å². The molecule has 0 saturated carbocycles. The maximum absolute atomic E-state index is 11.1. The van der Waals surface area contributed by atoms with Gasteiger partial charge < -0.3 is 19.4 Å². The van der Waals surface area contributed by atoms with Crippen LogP contribution in [0.15, 0.2) is 0 Å². The van der Waals surface area contributed by atoms with E-state index in [-0.39, 0.29) is 36.3 Å². The van der Waals surface area contributed by atoms with E-state index in [2.05, 4.69) is 25.9 Å². The van der Waals surface area contributed by atoms with Crippen LogP contribution in [-0.4, -0.2) is 42.8 Å². The first-order valence-corrected chi connectivity index (χ1v) is 8.56. The van der Waals surface area contributed by atoms with Crippen molar-refractivity contribution in [3.63, 3.8) is 0 Å². The van der Waals surface area contributed by atoms with Crippen LogP contribution >= 0.6 is 0 Å². The summed E-state index contributed by atoms with van der Waals surface area (Å²) in [4.78, 5) is 11.1. The molecule has 0 bridgehead atoms. The van der Waals surface area contributed by atoms with Crippen LogP contribution in [0.1, 0.15) is 77.1 Å². The molecule has 0 saturated heterocycles. The van der Waals surface area contributed by atoms with Gasteiger partial charge >= 0.3 is 0 Å². The topological polar surface area (TPSA) is 55.8 Å². The Morgan fingerprint density at radius 3 is 1.91 bits per heavy atom. The average Bonchev–Trinajstić information content (AvgIpc) is 2.46. The molecule has 0 radical (unpaired) electrons. The lowest BCUT2D eigenvalue weighted by molar-refractivity contribution is -0.118. The maximum Gasteiger partial charge on any atom is 0.210 e. The van der Waals surface area contributed by atoms with Gasteiger partial charge in [-0.25, -0.2) is 0 Å². The van der Waals surface area contributed by atoms with E-state index in [4.69, 9.17) is 13.9 Å². The van der Waals surface area contributed by atoms with Crippen molar-refractivity contribution in [3.8, 4) is 0 Å². The largest absolute Gasteiger partial charge is 0.393 e. The minimum Gasteiger partial charge on any atom is -0.393 e. The van der Waals surface area contributed by atoms with Gasteiger partial charge in [-0.2, -0.15) is 0 Å². The molecule has 4 heteroatoms. The van der Waals surface area contributed by atoms with Crippen LogP contribution in [0.5, 0.6) is 0 Å². The minimum atomic E-state index is -0.117. The third kappa shape index (κ3) is 12.1. The molecule has 22 heavy (non-hydrogen) atoms. The molecule has 0 aromatic rings. The maximum atomic E-state index is 11.1. The molecule has 1 N–H and O–H groups in total. The summed E-state index contributed by atoms with van der Waals surface area (Å²) in [6.07, 6.45) is 3.35. The first kappa shape index (κ1) is 17.9. The van der Waals surface area contributed by atoms with Crippen LogP contribution in [0.25, 0.3) is 0 Å². The molecule has 6 unspecified atom stereocenters. The van der Waals surface area contributed by atoms with Gasteiger partial charge in [0, 0.05) is 9.39 Å². The number of carbonyl (C=O) groups is 1. The summed E-state index contributed by atoms with van der Waals surface area (Å²) in [5.41, 5.74) is 0. The Morgan fingerprint density at radius 2 is 1.45 bits per heavy atom. The first-order valence-electron chi connectivity index (χ1n) is 9.97. The summed E-state index contributed by atoms with van der Waals surface area (Å²) >= 11 is 0. The summed E-state index contributed by atoms with van der Waals surface area (Å²) in [7, 11) is 0. The van der Waals surface area contributed by atoms with Crippen molar-refractivity contribution in [2.45, 2.75) is 105 Å². The highest BCUT2D eigenvalue weighted by Crippen LogP contribution is 2.17. The minimum absolute atomic E-state index is 0.0607. The molecule has 0 aliphatic heterocycles. The second-order valence-corrected chi connectivity index (χ2v) is 7.04. The van der Waals surface area contributed by atoms with Gasteiger partial charge in [-0.05, 0) is 66.7 Å². The van der Waals surface area contributed by atoms with Crippen LogP contribution in [0.3, 0.4) is 0 Å². The third-order valence-corrected chi connectivity index (χ3v) is 3.63. The van der Waals surface area contributed by atoms with Gasteiger partial charge in [-0.3, -0.25) is 0 Å². The number of ether oxygens (including phenoxy) is 2. The monoisotopic (exact) mass is 324 g/mol. The third-order valence-electron chi connectivity index (χ3n) is 3.63. The van der Waals surface area contributed by atoms with Gasteiger partial charge in [0.2, 0.25) is 1.43 Å². The van der Waals surface area contributed by atoms with E-state index in [1.165, 1.54) is 0 Å². The number of carbonyl (C=O) groups excluding carboxylic acids is 1. The van der Waals surface area contributed by atoms with Gasteiger partial charge in [0.05, 0.1) is 30.5 Å². The fourth-order valence-corrected chi connectivity index (χ4v) is 3.09. The Kier molecular flexibility index (Phi) is 9.06. The van der Waals surface area contributed by atoms with Crippen LogP contribution in [0.2, 0.25) is 0 Å². The number of hydrogen-bond donors (Lipinski definition) is 1. The summed E-state index contributed by atoms with van der Waals surface area (Å²) in [6.45, 7) is 13.8. The average molecular weight is 325 g/mol. The van der Waals surface area contributed by atoms with Gasteiger partial charge in [-0.1, -0.05) is 6.92 Å².